The normalized spacial score (nSPS) is 19.2. The van der Waals surface area contributed by atoms with Gasteiger partial charge in [0.1, 0.15) is 0 Å². The summed E-state index contributed by atoms with van der Waals surface area (Å²) in [4.78, 5) is 0. The Hall–Kier alpha value is 1.17. The first-order valence-corrected chi connectivity index (χ1v) is 6.46. The van der Waals surface area contributed by atoms with Gasteiger partial charge in [0.05, 0.1) is 0 Å². The molecule has 1 atom stereocenters. The zero-order valence-corrected chi connectivity index (χ0v) is 14.0. The summed E-state index contributed by atoms with van der Waals surface area (Å²) in [5, 5.41) is 0. The van der Waals surface area contributed by atoms with Gasteiger partial charge in [0.2, 0.25) is 0 Å². The van der Waals surface area contributed by atoms with Crippen LogP contribution in [0.4, 0.5) is 0 Å². The van der Waals surface area contributed by atoms with E-state index in [2.05, 4.69) is 6.92 Å². The molecule has 0 aliphatic carbocycles. The van der Waals surface area contributed by atoms with Crippen LogP contribution in [0.15, 0.2) is 0 Å². The Labute approximate surface area is 133 Å². The van der Waals surface area contributed by atoms with Crippen LogP contribution in [-0.4, -0.2) is 42.6 Å². The Morgan fingerprint density at radius 2 is 1.76 bits per heavy atom. The molecule has 2 nitrogen and oxygen atoms in total. The summed E-state index contributed by atoms with van der Waals surface area (Å²) >= 11 is 0. The van der Waals surface area contributed by atoms with E-state index in [0.717, 1.165) is 26.1 Å². The van der Waals surface area contributed by atoms with Crippen molar-refractivity contribution in [1.29, 1.82) is 0 Å². The minimum absolute atomic E-state index is 0. The molecule has 0 radical (unpaired) electrons. The molecular weight excluding hydrogens is 292 g/mol. The summed E-state index contributed by atoms with van der Waals surface area (Å²) in [6.07, 6.45) is 11.1. The molecule has 0 N–H and O–H groups in total. The molecule has 0 bridgehead atoms. The van der Waals surface area contributed by atoms with Gasteiger partial charge in [0.25, 0.3) is 0 Å². The van der Waals surface area contributed by atoms with Crippen molar-refractivity contribution in [2.75, 3.05) is 13.2 Å². The van der Waals surface area contributed by atoms with Crippen molar-refractivity contribution in [2.45, 2.75) is 64.1 Å². The standard InChI is InChI=1S/C13H25O2.BrH.Mg/c1-2-3-4-5-6-8-11-14-13-10-7-9-12-15-13;;/h13H,1-12H2;1H;/q-1;;+2/p-1. The van der Waals surface area contributed by atoms with E-state index in [4.69, 9.17) is 9.47 Å². The first kappa shape index (κ1) is 20.5. The number of hydrogen-bond acceptors (Lipinski definition) is 2. The molecule has 0 amide bonds. The SMILES string of the molecule is [Br-].[CH2-]CCCCCCCOC1CCCCO1.[Mg+2]. The molecule has 1 rings (SSSR count). The number of halogens is 1. The predicted octanol–water partition coefficient (Wildman–Crippen LogP) is 0.327. The molecule has 0 spiro atoms. The van der Waals surface area contributed by atoms with Gasteiger partial charge >= 0.3 is 23.1 Å². The van der Waals surface area contributed by atoms with Gasteiger partial charge in [-0.15, -0.1) is 0 Å². The zero-order chi connectivity index (χ0) is 10.8. The van der Waals surface area contributed by atoms with E-state index in [1.165, 1.54) is 44.9 Å². The number of hydrogen-bond donors (Lipinski definition) is 0. The molecule has 17 heavy (non-hydrogen) atoms. The van der Waals surface area contributed by atoms with E-state index in [1.54, 1.807) is 0 Å². The van der Waals surface area contributed by atoms with Crippen LogP contribution in [0.25, 0.3) is 0 Å². The first-order valence-electron chi connectivity index (χ1n) is 6.46. The third kappa shape index (κ3) is 12.0. The fraction of sp³-hybridized carbons (Fsp3) is 0.923. The van der Waals surface area contributed by atoms with Gasteiger partial charge in [-0.1, -0.05) is 25.7 Å². The molecule has 1 aliphatic rings. The Kier molecular flexibility index (Phi) is 18.3. The monoisotopic (exact) mass is 316 g/mol. The maximum atomic E-state index is 5.65. The number of ether oxygens (including phenoxy) is 2. The maximum Gasteiger partial charge on any atom is 2.00 e. The van der Waals surface area contributed by atoms with Crippen LogP contribution in [0.5, 0.6) is 0 Å². The quantitative estimate of drug-likeness (QED) is 0.365. The van der Waals surface area contributed by atoms with E-state index >= 15 is 0 Å². The molecule has 0 saturated carbocycles. The van der Waals surface area contributed by atoms with Gasteiger partial charge < -0.3 is 33.4 Å². The minimum atomic E-state index is 0. The van der Waals surface area contributed by atoms with Crippen molar-refractivity contribution in [3.8, 4) is 0 Å². The van der Waals surface area contributed by atoms with E-state index in [0.29, 0.717) is 0 Å². The van der Waals surface area contributed by atoms with Gasteiger partial charge in [-0.2, -0.15) is 6.42 Å². The van der Waals surface area contributed by atoms with Crippen LogP contribution in [0.2, 0.25) is 0 Å². The minimum Gasteiger partial charge on any atom is -1.00 e. The molecule has 98 valence electrons. The van der Waals surface area contributed by atoms with E-state index in [9.17, 15) is 0 Å². The van der Waals surface area contributed by atoms with E-state index in [-0.39, 0.29) is 46.3 Å². The smallest absolute Gasteiger partial charge is 1.00 e. The van der Waals surface area contributed by atoms with Crippen LogP contribution in [-0.2, 0) is 9.47 Å². The van der Waals surface area contributed by atoms with Gasteiger partial charge in [0.15, 0.2) is 6.29 Å². The summed E-state index contributed by atoms with van der Waals surface area (Å²) in [5.41, 5.74) is 0. The molecular formula is C13H25BrMgO2. The van der Waals surface area contributed by atoms with Gasteiger partial charge in [-0.05, 0) is 25.7 Å². The van der Waals surface area contributed by atoms with Crippen molar-refractivity contribution < 1.29 is 26.5 Å². The summed E-state index contributed by atoms with van der Waals surface area (Å²) in [5.74, 6) is 0. The van der Waals surface area contributed by atoms with Crippen molar-refractivity contribution in [1.82, 2.24) is 0 Å². The fourth-order valence-corrected chi connectivity index (χ4v) is 1.87. The Balaban J connectivity index is 0. The second-order valence-corrected chi connectivity index (χ2v) is 4.29. The molecule has 1 aliphatic heterocycles. The van der Waals surface area contributed by atoms with Crippen LogP contribution < -0.4 is 17.0 Å². The van der Waals surface area contributed by atoms with Gasteiger partial charge in [-0.3, -0.25) is 0 Å². The average Bonchev–Trinajstić information content (AvgIpc) is 2.29. The Morgan fingerprint density at radius 1 is 1.06 bits per heavy atom. The molecule has 4 heteroatoms. The predicted molar refractivity (Wildman–Crippen MR) is 68.4 cm³/mol. The summed E-state index contributed by atoms with van der Waals surface area (Å²) in [6, 6.07) is 0. The van der Waals surface area contributed by atoms with Crippen LogP contribution in [0, 0.1) is 6.92 Å². The van der Waals surface area contributed by atoms with Crippen LogP contribution in [0.1, 0.15) is 57.8 Å². The van der Waals surface area contributed by atoms with Crippen LogP contribution in [0.3, 0.4) is 0 Å². The first-order chi connectivity index (χ1) is 7.43. The zero-order valence-electron chi connectivity index (χ0n) is 11.0. The topological polar surface area (TPSA) is 18.5 Å². The third-order valence-corrected chi connectivity index (χ3v) is 2.84. The average molecular weight is 318 g/mol. The molecule has 0 aromatic rings. The van der Waals surface area contributed by atoms with Crippen molar-refractivity contribution in [2.24, 2.45) is 0 Å². The third-order valence-electron chi connectivity index (χ3n) is 2.84. The van der Waals surface area contributed by atoms with Crippen molar-refractivity contribution in [3.63, 3.8) is 0 Å². The summed E-state index contributed by atoms with van der Waals surface area (Å²) < 4.78 is 11.1. The molecule has 0 aromatic carbocycles. The second kappa shape index (κ2) is 15.2. The molecule has 1 heterocycles. The Morgan fingerprint density at radius 3 is 2.41 bits per heavy atom. The largest absolute Gasteiger partial charge is 2.00 e. The molecule has 1 saturated heterocycles. The number of rotatable bonds is 8. The van der Waals surface area contributed by atoms with Gasteiger partial charge in [-0.25, -0.2) is 0 Å². The van der Waals surface area contributed by atoms with Crippen molar-refractivity contribution in [3.05, 3.63) is 6.92 Å². The van der Waals surface area contributed by atoms with E-state index < -0.39 is 0 Å². The summed E-state index contributed by atoms with van der Waals surface area (Å²) in [6.45, 7) is 5.59. The molecule has 1 fully saturated rings. The van der Waals surface area contributed by atoms with E-state index in [1.807, 2.05) is 0 Å². The fourth-order valence-electron chi connectivity index (χ4n) is 1.87. The molecule has 1 unspecified atom stereocenters. The second-order valence-electron chi connectivity index (χ2n) is 4.29. The van der Waals surface area contributed by atoms with Gasteiger partial charge in [0, 0.05) is 13.2 Å². The summed E-state index contributed by atoms with van der Waals surface area (Å²) in [7, 11) is 0. The maximum absolute atomic E-state index is 5.65. The van der Waals surface area contributed by atoms with Crippen molar-refractivity contribution >= 4 is 23.1 Å². The Bertz CT molecular complexity index is 141. The van der Waals surface area contributed by atoms with Crippen LogP contribution >= 0.6 is 0 Å². The molecule has 0 aromatic heterocycles. The number of unbranched alkanes of at least 4 members (excludes halogenated alkanes) is 5.